The predicted molar refractivity (Wildman–Crippen MR) is 84.8 cm³/mol. The Hall–Kier alpha value is -1.68. The second kappa shape index (κ2) is 7.36. The van der Waals surface area contributed by atoms with Crippen molar-refractivity contribution >= 4 is 0 Å². The highest BCUT2D eigenvalue weighted by Crippen LogP contribution is 2.21. The van der Waals surface area contributed by atoms with Crippen molar-refractivity contribution in [2.24, 2.45) is 0 Å². The van der Waals surface area contributed by atoms with E-state index < -0.39 is 0 Å². The highest BCUT2D eigenvalue weighted by molar-refractivity contribution is 5.61. The molecule has 1 aliphatic carbocycles. The molecule has 4 heteroatoms. The Morgan fingerprint density at radius 2 is 1.90 bits per heavy atom. The molecule has 1 saturated carbocycles. The van der Waals surface area contributed by atoms with Gasteiger partial charge in [-0.25, -0.2) is 0 Å². The Morgan fingerprint density at radius 1 is 1.10 bits per heavy atom. The van der Waals surface area contributed by atoms with Crippen LogP contribution in [0.25, 0.3) is 11.3 Å². The monoisotopic (exact) mass is 284 g/mol. The third-order valence-corrected chi connectivity index (χ3v) is 4.35. The molecule has 2 heterocycles. The summed E-state index contributed by atoms with van der Waals surface area (Å²) in [5.41, 5.74) is 3.41. The molecule has 21 heavy (non-hydrogen) atoms. The summed E-state index contributed by atoms with van der Waals surface area (Å²) in [5, 5.41) is 11.0. The second-order valence-electron chi connectivity index (χ2n) is 5.93. The molecule has 0 spiro atoms. The average Bonchev–Trinajstić information content (AvgIpc) is 2.95. The van der Waals surface area contributed by atoms with Crippen molar-refractivity contribution < 1.29 is 0 Å². The molecule has 1 aliphatic rings. The summed E-state index contributed by atoms with van der Waals surface area (Å²) < 4.78 is 0. The van der Waals surface area contributed by atoms with Crippen molar-refractivity contribution in [3.8, 4) is 11.3 Å². The Labute approximate surface area is 126 Å². The first kappa shape index (κ1) is 14.3. The van der Waals surface area contributed by atoms with Crippen LogP contribution in [-0.2, 0) is 6.54 Å². The van der Waals surface area contributed by atoms with Gasteiger partial charge in [0.15, 0.2) is 0 Å². The third-order valence-electron chi connectivity index (χ3n) is 4.35. The van der Waals surface area contributed by atoms with Crippen LogP contribution in [0.5, 0.6) is 0 Å². The number of aromatic amines is 1. The van der Waals surface area contributed by atoms with Gasteiger partial charge in [0.25, 0.3) is 0 Å². The highest BCUT2D eigenvalue weighted by Gasteiger charge is 2.13. The minimum atomic E-state index is 0.655. The van der Waals surface area contributed by atoms with E-state index in [1.165, 1.54) is 50.5 Å². The van der Waals surface area contributed by atoms with Crippen LogP contribution in [0.2, 0.25) is 0 Å². The van der Waals surface area contributed by atoms with Crippen molar-refractivity contribution in [2.75, 3.05) is 0 Å². The molecule has 0 bridgehead atoms. The van der Waals surface area contributed by atoms with Gasteiger partial charge in [-0.05, 0) is 25.0 Å². The van der Waals surface area contributed by atoms with E-state index in [9.17, 15) is 0 Å². The fourth-order valence-electron chi connectivity index (χ4n) is 3.12. The first-order valence-electron chi connectivity index (χ1n) is 8.09. The molecule has 2 N–H and O–H groups in total. The molecule has 112 valence electrons. The number of rotatable bonds is 4. The summed E-state index contributed by atoms with van der Waals surface area (Å²) in [6.07, 6.45) is 15.1. The van der Waals surface area contributed by atoms with Crippen molar-refractivity contribution in [1.29, 1.82) is 0 Å². The molecule has 3 rings (SSSR count). The van der Waals surface area contributed by atoms with Crippen molar-refractivity contribution in [3.05, 3.63) is 36.3 Å². The molecule has 1 fully saturated rings. The van der Waals surface area contributed by atoms with E-state index in [1.54, 1.807) is 6.20 Å². The Balaban J connectivity index is 1.62. The van der Waals surface area contributed by atoms with Gasteiger partial charge in [-0.3, -0.25) is 10.1 Å². The number of hydrogen-bond acceptors (Lipinski definition) is 3. The number of aromatic nitrogens is 3. The molecule has 0 atom stereocenters. The van der Waals surface area contributed by atoms with Crippen LogP contribution in [0.4, 0.5) is 0 Å². The maximum Gasteiger partial charge on any atom is 0.0710 e. The molecule has 0 aromatic carbocycles. The highest BCUT2D eigenvalue weighted by atomic mass is 15.1. The Bertz CT molecular complexity index is 527. The molecular formula is C17H24N4. The van der Waals surface area contributed by atoms with Crippen LogP contribution >= 0.6 is 0 Å². The summed E-state index contributed by atoms with van der Waals surface area (Å²) in [6.45, 7) is 0.880. The van der Waals surface area contributed by atoms with E-state index >= 15 is 0 Å². The molecule has 4 nitrogen and oxygen atoms in total. The van der Waals surface area contributed by atoms with Gasteiger partial charge in [-0.2, -0.15) is 5.10 Å². The normalized spacial score (nSPS) is 17.3. The lowest BCUT2D eigenvalue weighted by Gasteiger charge is -2.21. The van der Waals surface area contributed by atoms with Crippen LogP contribution in [0.1, 0.15) is 50.5 Å². The molecule has 2 aromatic rings. The van der Waals surface area contributed by atoms with Crippen LogP contribution in [0, 0.1) is 0 Å². The minimum absolute atomic E-state index is 0.655. The van der Waals surface area contributed by atoms with Gasteiger partial charge in [0, 0.05) is 36.1 Å². The van der Waals surface area contributed by atoms with Crippen LogP contribution in [-0.4, -0.2) is 21.2 Å². The summed E-state index contributed by atoms with van der Waals surface area (Å²) in [4.78, 5) is 4.19. The zero-order chi connectivity index (χ0) is 14.3. The quantitative estimate of drug-likeness (QED) is 0.900. The van der Waals surface area contributed by atoms with Gasteiger partial charge in [-0.15, -0.1) is 0 Å². The molecule has 0 unspecified atom stereocenters. The van der Waals surface area contributed by atoms with Gasteiger partial charge < -0.3 is 5.32 Å². The van der Waals surface area contributed by atoms with Crippen molar-refractivity contribution in [2.45, 2.75) is 57.5 Å². The van der Waals surface area contributed by atoms with Crippen LogP contribution in [0.3, 0.4) is 0 Å². The lowest BCUT2D eigenvalue weighted by Crippen LogP contribution is -2.29. The summed E-state index contributed by atoms with van der Waals surface area (Å²) in [6, 6.07) is 4.68. The molecular weight excluding hydrogens is 260 g/mol. The van der Waals surface area contributed by atoms with Gasteiger partial charge in [-0.1, -0.05) is 32.1 Å². The van der Waals surface area contributed by atoms with E-state index in [4.69, 9.17) is 0 Å². The largest absolute Gasteiger partial charge is 0.310 e. The first-order valence-corrected chi connectivity index (χ1v) is 8.09. The smallest absolute Gasteiger partial charge is 0.0710 e. The van der Waals surface area contributed by atoms with Gasteiger partial charge in [0.05, 0.1) is 11.9 Å². The van der Waals surface area contributed by atoms with Gasteiger partial charge in [0.1, 0.15) is 0 Å². The zero-order valence-corrected chi connectivity index (χ0v) is 12.5. The maximum atomic E-state index is 4.20. The van der Waals surface area contributed by atoms with E-state index in [0.29, 0.717) is 6.04 Å². The fraction of sp³-hybridized carbons (Fsp3) is 0.529. The van der Waals surface area contributed by atoms with E-state index in [2.05, 4.69) is 26.6 Å². The number of hydrogen-bond donors (Lipinski definition) is 2. The number of nitrogens with zero attached hydrogens (tertiary/aromatic N) is 2. The Morgan fingerprint density at radius 3 is 2.67 bits per heavy atom. The standard InChI is InChI=1S/C17H24N4/c1-2-4-8-16(9-5-3-1)19-12-15-13-20-21-17(15)14-7-6-10-18-11-14/h6-7,10-11,13,16,19H,1-5,8-9,12H2,(H,20,21). The third kappa shape index (κ3) is 3.91. The first-order chi connectivity index (χ1) is 10.4. The van der Waals surface area contributed by atoms with E-state index in [1.807, 2.05) is 18.5 Å². The van der Waals surface area contributed by atoms with Crippen LogP contribution < -0.4 is 5.32 Å². The van der Waals surface area contributed by atoms with E-state index in [0.717, 1.165) is 17.8 Å². The molecule has 0 aliphatic heterocycles. The van der Waals surface area contributed by atoms with Crippen molar-refractivity contribution in [3.63, 3.8) is 0 Å². The fourth-order valence-corrected chi connectivity index (χ4v) is 3.12. The number of pyridine rings is 1. The molecule has 2 aromatic heterocycles. The topological polar surface area (TPSA) is 53.6 Å². The zero-order valence-electron chi connectivity index (χ0n) is 12.5. The molecule has 0 amide bonds. The summed E-state index contributed by atoms with van der Waals surface area (Å²) in [5.74, 6) is 0. The Kier molecular flexibility index (Phi) is 5.00. The number of H-pyrrole nitrogens is 1. The van der Waals surface area contributed by atoms with Crippen LogP contribution in [0.15, 0.2) is 30.7 Å². The van der Waals surface area contributed by atoms with Gasteiger partial charge >= 0.3 is 0 Å². The molecule has 0 radical (unpaired) electrons. The lowest BCUT2D eigenvalue weighted by molar-refractivity contribution is 0.389. The number of nitrogens with one attached hydrogen (secondary N) is 2. The maximum absolute atomic E-state index is 4.20. The minimum Gasteiger partial charge on any atom is -0.310 e. The van der Waals surface area contributed by atoms with E-state index in [-0.39, 0.29) is 0 Å². The lowest BCUT2D eigenvalue weighted by atomic mass is 9.96. The second-order valence-corrected chi connectivity index (χ2v) is 5.93. The summed E-state index contributed by atoms with van der Waals surface area (Å²) >= 11 is 0. The van der Waals surface area contributed by atoms with Gasteiger partial charge in [0.2, 0.25) is 0 Å². The summed E-state index contributed by atoms with van der Waals surface area (Å²) in [7, 11) is 0. The molecule has 0 saturated heterocycles. The average molecular weight is 284 g/mol. The van der Waals surface area contributed by atoms with Crippen molar-refractivity contribution in [1.82, 2.24) is 20.5 Å². The predicted octanol–water partition coefficient (Wildman–Crippen LogP) is 3.67. The SMILES string of the molecule is c1cncc(-c2[nH]ncc2CNC2CCCCCCC2)c1.